The Hall–Kier alpha value is -0.810. The summed E-state index contributed by atoms with van der Waals surface area (Å²) >= 11 is 4.13. The van der Waals surface area contributed by atoms with Crippen LogP contribution in [0.5, 0.6) is 0 Å². The quantitative estimate of drug-likeness (QED) is 0.436. The van der Waals surface area contributed by atoms with Crippen molar-refractivity contribution in [3.8, 4) is 0 Å². The van der Waals surface area contributed by atoms with Gasteiger partial charge in [-0.3, -0.25) is 9.59 Å². The van der Waals surface area contributed by atoms with E-state index in [9.17, 15) is 9.59 Å². The molecule has 2 aromatic carbocycles. The van der Waals surface area contributed by atoms with E-state index < -0.39 is 10.9 Å². The summed E-state index contributed by atoms with van der Waals surface area (Å²) in [5.74, 6) is 0. The van der Waals surface area contributed by atoms with Gasteiger partial charge in [0.1, 0.15) is 0 Å². The number of allylic oxidation sites excluding steroid dienone is 2. The summed E-state index contributed by atoms with van der Waals surface area (Å²) in [5, 5.41) is 3.38. The van der Waals surface area contributed by atoms with Crippen LogP contribution in [0.3, 0.4) is 0 Å². The smallest absolute Gasteiger partial charge is 1.00 e. The Labute approximate surface area is 152 Å². The van der Waals surface area contributed by atoms with Crippen LogP contribution in [0.25, 0.3) is 5.57 Å². The molecule has 1 heterocycles. The van der Waals surface area contributed by atoms with Gasteiger partial charge in [0.2, 0.25) is 10.9 Å². The second-order valence-corrected chi connectivity index (χ2v) is 6.12. The third-order valence-electron chi connectivity index (χ3n) is 4.12. The normalized spacial score (nSPS) is 17.9. The molecule has 0 saturated carbocycles. The van der Waals surface area contributed by atoms with Gasteiger partial charge in [0.05, 0.1) is 4.90 Å². The van der Waals surface area contributed by atoms with Crippen LogP contribution in [-0.2, 0) is 5.41 Å². The third kappa shape index (κ3) is 2.25. The van der Waals surface area contributed by atoms with Gasteiger partial charge in [-0.25, -0.2) is 0 Å². The zero-order valence-electron chi connectivity index (χ0n) is 13.6. The van der Waals surface area contributed by atoms with E-state index in [-0.39, 0.29) is 41.3 Å². The monoisotopic (exact) mass is 309 g/mol. The molecule has 0 atom stereocenters. The summed E-state index contributed by atoms with van der Waals surface area (Å²) in [5.41, 5.74) is 3.30. The SMILES string of the molecule is CC(=C1Nc2ccccc2C1(C)C)c1c(S)c(=O)c1=O.[H-].[Na+]. The standard InChI is InChI=1S/C16H15NO2S.Na.H/c1-8(11-12(18)13(19)14(11)20)15-16(2,3)9-6-4-5-7-10(9)17-15;;/h4-7,17,20H,1-3H3;;/q;+1;-1. The van der Waals surface area contributed by atoms with Crippen LogP contribution >= 0.6 is 12.6 Å². The molecule has 0 radical (unpaired) electrons. The zero-order chi connectivity index (χ0) is 14.7. The second kappa shape index (κ2) is 5.43. The molecule has 0 bridgehead atoms. The van der Waals surface area contributed by atoms with Crippen LogP contribution in [0.2, 0.25) is 0 Å². The Morgan fingerprint density at radius 2 is 1.81 bits per heavy atom. The Balaban J connectivity index is 0.00000121. The Morgan fingerprint density at radius 1 is 1.19 bits per heavy atom. The summed E-state index contributed by atoms with van der Waals surface area (Å²) < 4.78 is 0. The molecule has 3 rings (SSSR count). The fraction of sp³-hybridized carbons (Fsp3) is 0.250. The minimum atomic E-state index is -0.489. The van der Waals surface area contributed by atoms with Gasteiger partial charge in [-0.15, -0.1) is 12.6 Å². The molecule has 2 aromatic rings. The number of thiol groups is 1. The van der Waals surface area contributed by atoms with Gasteiger partial charge < -0.3 is 6.74 Å². The molecule has 1 aliphatic rings. The van der Waals surface area contributed by atoms with Gasteiger partial charge in [0.25, 0.3) is 0 Å². The fourth-order valence-electron chi connectivity index (χ4n) is 2.98. The number of rotatable bonds is 1. The van der Waals surface area contributed by atoms with Gasteiger partial charge >= 0.3 is 29.6 Å². The van der Waals surface area contributed by atoms with E-state index in [0.717, 1.165) is 17.0 Å². The van der Waals surface area contributed by atoms with Crippen LogP contribution < -0.4 is 45.7 Å². The Bertz CT molecular complexity index is 835. The van der Waals surface area contributed by atoms with Crippen LogP contribution in [-0.4, -0.2) is 0 Å². The average molecular weight is 309 g/mol. The number of hydrogen-bond donors (Lipinski definition) is 2. The van der Waals surface area contributed by atoms with Crippen molar-refractivity contribution in [2.75, 3.05) is 5.32 Å². The number of nitrogens with one attached hydrogen (secondary N) is 1. The number of fused-ring (bicyclic) bond motifs is 1. The molecule has 5 heteroatoms. The Morgan fingerprint density at radius 3 is 2.38 bits per heavy atom. The predicted octanol–water partition coefficient (Wildman–Crippen LogP) is -0.178. The zero-order valence-corrected chi connectivity index (χ0v) is 15.5. The average Bonchev–Trinajstić information content (AvgIpc) is 2.71. The van der Waals surface area contributed by atoms with Gasteiger partial charge in [-0.1, -0.05) is 32.0 Å². The molecule has 0 aromatic heterocycles. The molecule has 3 nitrogen and oxygen atoms in total. The molecule has 0 amide bonds. The van der Waals surface area contributed by atoms with Crippen molar-refractivity contribution in [3.05, 3.63) is 61.5 Å². The number of hydrogen-bond acceptors (Lipinski definition) is 4. The van der Waals surface area contributed by atoms with Gasteiger partial charge in [-0.05, 0) is 24.1 Å². The molecule has 0 unspecified atom stereocenters. The maximum atomic E-state index is 11.7. The van der Waals surface area contributed by atoms with Crippen molar-refractivity contribution in [1.29, 1.82) is 0 Å². The Kier molecular flexibility index (Phi) is 4.28. The summed E-state index contributed by atoms with van der Waals surface area (Å²) in [4.78, 5) is 23.4. The third-order valence-corrected chi connectivity index (χ3v) is 4.55. The van der Waals surface area contributed by atoms with E-state index in [4.69, 9.17) is 0 Å². The summed E-state index contributed by atoms with van der Waals surface area (Å²) in [6.07, 6.45) is 0. The van der Waals surface area contributed by atoms with E-state index >= 15 is 0 Å². The van der Waals surface area contributed by atoms with Crippen molar-refractivity contribution in [2.45, 2.75) is 31.1 Å². The molecule has 0 aliphatic carbocycles. The maximum absolute atomic E-state index is 11.7. The molecule has 1 aliphatic heterocycles. The van der Waals surface area contributed by atoms with E-state index in [0.29, 0.717) is 5.56 Å². The van der Waals surface area contributed by atoms with E-state index in [1.54, 1.807) is 0 Å². The van der Waals surface area contributed by atoms with Gasteiger partial charge in [0.15, 0.2) is 0 Å². The summed E-state index contributed by atoms with van der Waals surface area (Å²) in [6, 6.07) is 8.07. The van der Waals surface area contributed by atoms with Gasteiger partial charge in [-0.2, -0.15) is 0 Å². The van der Waals surface area contributed by atoms with E-state index in [2.05, 4.69) is 37.9 Å². The molecular weight excluding hydrogens is 293 g/mol. The van der Waals surface area contributed by atoms with E-state index in [1.165, 1.54) is 5.56 Å². The summed E-state index contributed by atoms with van der Waals surface area (Å²) in [7, 11) is 0. The summed E-state index contributed by atoms with van der Waals surface area (Å²) in [6.45, 7) is 6.08. The molecule has 21 heavy (non-hydrogen) atoms. The number of benzene rings is 1. The van der Waals surface area contributed by atoms with Crippen LogP contribution in [0.1, 0.15) is 33.3 Å². The first-order valence-electron chi connectivity index (χ1n) is 6.46. The van der Waals surface area contributed by atoms with Crippen molar-refractivity contribution < 1.29 is 31.0 Å². The van der Waals surface area contributed by atoms with Crippen LogP contribution in [0.15, 0.2) is 44.4 Å². The van der Waals surface area contributed by atoms with Crippen molar-refractivity contribution in [2.24, 2.45) is 0 Å². The first kappa shape index (κ1) is 16.6. The number of para-hydroxylation sites is 1. The van der Waals surface area contributed by atoms with Crippen molar-refractivity contribution >= 4 is 23.9 Å². The molecule has 104 valence electrons. The van der Waals surface area contributed by atoms with Crippen molar-refractivity contribution in [3.63, 3.8) is 0 Å². The largest absolute Gasteiger partial charge is 1.00 e. The predicted molar refractivity (Wildman–Crippen MR) is 85.4 cm³/mol. The topological polar surface area (TPSA) is 46.2 Å². The number of anilines is 1. The minimum Gasteiger partial charge on any atom is -1.00 e. The molecule has 0 spiro atoms. The fourth-order valence-corrected chi connectivity index (χ4v) is 3.35. The minimum absolute atomic E-state index is 0. The van der Waals surface area contributed by atoms with Crippen LogP contribution in [0, 0.1) is 0 Å². The molecule has 1 N–H and O–H groups in total. The molecular formula is C16H16NNaO2S. The maximum Gasteiger partial charge on any atom is 1.00 e. The van der Waals surface area contributed by atoms with Crippen LogP contribution in [0.4, 0.5) is 5.69 Å². The van der Waals surface area contributed by atoms with Gasteiger partial charge in [0, 0.05) is 22.4 Å². The molecule has 0 saturated heterocycles. The van der Waals surface area contributed by atoms with E-state index in [1.807, 2.05) is 25.1 Å². The molecule has 0 fully saturated rings. The van der Waals surface area contributed by atoms with Crippen molar-refractivity contribution in [1.82, 2.24) is 0 Å². The second-order valence-electron chi connectivity index (χ2n) is 5.68. The first-order chi connectivity index (χ1) is 9.35. The first-order valence-corrected chi connectivity index (χ1v) is 6.91.